The molecule has 0 aliphatic heterocycles. The lowest BCUT2D eigenvalue weighted by molar-refractivity contribution is -0.146. The van der Waals surface area contributed by atoms with Gasteiger partial charge in [-0.2, -0.15) is 22.8 Å². The summed E-state index contributed by atoms with van der Waals surface area (Å²) in [6.07, 6.45) is -4.26. The second-order valence-electron chi connectivity index (χ2n) is 3.57. The van der Waals surface area contributed by atoms with Crippen LogP contribution in [0.2, 0.25) is 0 Å². The molecule has 0 amide bonds. The molecule has 0 fully saturated rings. The molecule has 0 aliphatic rings. The topological polar surface area (TPSA) is 82.0 Å². The summed E-state index contributed by atoms with van der Waals surface area (Å²) in [5.74, 6) is -1.12. The lowest BCUT2D eigenvalue weighted by atomic mass is 10.4. The van der Waals surface area contributed by atoms with Crippen LogP contribution in [0.3, 0.4) is 0 Å². The standard InChI is InChI=1S/C8H5F3N6S2/c9-8(10,11)5-14-15-7-17(5)16-4(19-7)1-3-2-18-6(12)13-3/h2H,1H2,(H2,12,13). The van der Waals surface area contributed by atoms with Crippen LogP contribution in [0.4, 0.5) is 18.3 Å². The van der Waals surface area contributed by atoms with Crippen molar-refractivity contribution in [3.05, 3.63) is 21.9 Å². The number of fused-ring (bicyclic) bond motifs is 1. The van der Waals surface area contributed by atoms with Gasteiger partial charge >= 0.3 is 6.18 Å². The molecule has 3 heterocycles. The Bertz CT molecular complexity index is 726. The van der Waals surface area contributed by atoms with Crippen molar-refractivity contribution in [3.8, 4) is 0 Å². The van der Waals surface area contributed by atoms with Gasteiger partial charge in [0.05, 0.1) is 5.69 Å². The van der Waals surface area contributed by atoms with E-state index in [-0.39, 0.29) is 4.96 Å². The molecule has 3 aromatic rings. The summed E-state index contributed by atoms with van der Waals surface area (Å²) in [7, 11) is 0. The third-order valence-electron chi connectivity index (χ3n) is 2.19. The molecule has 6 nitrogen and oxygen atoms in total. The van der Waals surface area contributed by atoms with Gasteiger partial charge in [-0.25, -0.2) is 4.98 Å². The first kappa shape index (κ1) is 12.3. The summed E-state index contributed by atoms with van der Waals surface area (Å²) in [6, 6.07) is 0. The van der Waals surface area contributed by atoms with Crippen molar-refractivity contribution < 1.29 is 13.2 Å². The van der Waals surface area contributed by atoms with Gasteiger partial charge in [0.15, 0.2) is 5.13 Å². The molecule has 11 heteroatoms. The van der Waals surface area contributed by atoms with Crippen LogP contribution in [-0.2, 0) is 12.6 Å². The summed E-state index contributed by atoms with van der Waals surface area (Å²) in [5.41, 5.74) is 6.15. The first-order valence-corrected chi connectivity index (χ1v) is 6.61. The number of nitrogens with zero attached hydrogens (tertiary/aromatic N) is 5. The molecule has 0 radical (unpaired) electrons. The van der Waals surface area contributed by atoms with E-state index < -0.39 is 12.0 Å². The van der Waals surface area contributed by atoms with Gasteiger partial charge in [0, 0.05) is 11.8 Å². The molecular weight excluding hydrogens is 301 g/mol. The predicted octanol–water partition coefficient (Wildman–Crippen LogP) is 1.83. The Labute approximate surface area is 111 Å². The van der Waals surface area contributed by atoms with Crippen LogP contribution < -0.4 is 5.73 Å². The van der Waals surface area contributed by atoms with Crippen LogP contribution in [-0.4, -0.2) is 24.8 Å². The summed E-state index contributed by atoms with van der Waals surface area (Å²) in [5, 5.41) is 13.0. The van der Waals surface area contributed by atoms with Crippen molar-refractivity contribution in [2.75, 3.05) is 5.73 Å². The van der Waals surface area contributed by atoms with Crippen molar-refractivity contribution >= 4 is 32.8 Å². The first-order valence-electron chi connectivity index (χ1n) is 4.91. The second-order valence-corrected chi connectivity index (χ2v) is 5.50. The highest BCUT2D eigenvalue weighted by Gasteiger charge is 2.38. The molecule has 100 valence electrons. The van der Waals surface area contributed by atoms with E-state index in [0.717, 1.165) is 11.3 Å². The van der Waals surface area contributed by atoms with Crippen molar-refractivity contribution in [3.63, 3.8) is 0 Å². The molecule has 0 bridgehead atoms. The molecule has 0 saturated heterocycles. The fraction of sp³-hybridized carbons (Fsp3) is 0.250. The van der Waals surface area contributed by atoms with Crippen LogP contribution in [0.1, 0.15) is 16.5 Å². The molecule has 19 heavy (non-hydrogen) atoms. The van der Waals surface area contributed by atoms with Crippen LogP contribution in [0, 0.1) is 0 Å². The normalized spacial score (nSPS) is 12.4. The summed E-state index contributed by atoms with van der Waals surface area (Å²) < 4.78 is 38.5. The fourth-order valence-corrected chi connectivity index (χ4v) is 2.88. The fourth-order valence-electron chi connectivity index (χ4n) is 1.46. The zero-order chi connectivity index (χ0) is 13.6. The Hall–Kier alpha value is -1.75. The summed E-state index contributed by atoms with van der Waals surface area (Å²) >= 11 is 2.31. The Morgan fingerprint density at radius 2 is 2.11 bits per heavy atom. The summed E-state index contributed by atoms with van der Waals surface area (Å²) in [6.45, 7) is 0. The first-order chi connectivity index (χ1) is 8.93. The molecule has 0 aliphatic carbocycles. The SMILES string of the molecule is Nc1nc(Cc2nn3c(C(F)(F)F)nnc3s2)cs1. The minimum atomic E-state index is -4.57. The third kappa shape index (κ3) is 2.26. The van der Waals surface area contributed by atoms with Crippen LogP contribution in [0.5, 0.6) is 0 Å². The van der Waals surface area contributed by atoms with Crippen LogP contribution in [0.15, 0.2) is 5.38 Å². The molecule has 0 atom stereocenters. The second kappa shape index (κ2) is 4.13. The predicted molar refractivity (Wildman–Crippen MR) is 63.0 cm³/mol. The van der Waals surface area contributed by atoms with Crippen molar-refractivity contribution in [1.82, 2.24) is 24.8 Å². The van der Waals surface area contributed by atoms with E-state index in [4.69, 9.17) is 5.73 Å². The van der Waals surface area contributed by atoms with E-state index in [1.165, 1.54) is 11.3 Å². The van der Waals surface area contributed by atoms with E-state index in [1.807, 2.05) is 0 Å². The smallest absolute Gasteiger partial charge is 0.375 e. The lowest BCUT2D eigenvalue weighted by Crippen LogP contribution is -2.11. The number of anilines is 1. The molecule has 0 spiro atoms. The number of hydrogen-bond acceptors (Lipinski definition) is 7. The Kier molecular flexibility index (Phi) is 2.67. The van der Waals surface area contributed by atoms with E-state index in [0.29, 0.717) is 26.8 Å². The molecule has 0 unspecified atom stereocenters. The zero-order valence-corrected chi connectivity index (χ0v) is 10.7. The van der Waals surface area contributed by atoms with Crippen molar-refractivity contribution in [2.24, 2.45) is 0 Å². The number of thiazole rings is 1. The van der Waals surface area contributed by atoms with Gasteiger partial charge in [-0.3, -0.25) is 0 Å². The van der Waals surface area contributed by atoms with E-state index in [9.17, 15) is 13.2 Å². The minimum absolute atomic E-state index is 0.102. The van der Waals surface area contributed by atoms with Crippen LogP contribution in [0.25, 0.3) is 4.96 Å². The van der Waals surface area contributed by atoms with Gasteiger partial charge in [-0.05, 0) is 0 Å². The van der Waals surface area contributed by atoms with Gasteiger partial charge in [-0.1, -0.05) is 11.3 Å². The largest absolute Gasteiger partial charge is 0.453 e. The maximum absolute atomic E-state index is 12.6. The number of halogens is 3. The Morgan fingerprint density at radius 3 is 2.74 bits per heavy atom. The maximum Gasteiger partial charge on any atom is 0.453 e. The average molecular weight is 306 g/mol. The lowest BCUT2D eigenvalue weighted by Gasteiger charge is -1.99. The zero-order valence-electron chi connectivity index (χ0n) is 9.05. The third-order valence-corrected chi connectivity index (χ3v) is 3.81. The van der Waals surface area contributed by atoms with Gasteiger partial charge in [0.1, 0.15) is 5.01 Å². The van der Waals surface area contributed by atoms with Crippen molar-refractivity contribution in [2.45, 2.75) is 12.6 Å². The van der Waals surface area contributed by atoms with Gasteiger partial charge < -0.3 is 5.73 Å². The highest BCUT2D eigenvalue weighted by molar-refractivity contribution is 7.16. The number of alkyl halides is 3. The van der Waals surface area contributed by atoms with E-state index >= 15 is 0 Å². The van der Waals surface area contributed by atoms with E-state index in [1.54, 1.807) is 5.38 Å². The van der Waals surface area contributed by atoms with Crippen LogP contribution >= 0.6 is 22.7 Å². The molecule has 0 saturated carbocycles. The monoisotopic (exact) mass is 306 g/mol. The van der Waals surface area contributed by atoms with Crippen molar-refractivity contribution in [1.29, 1.82) is 0 Å². The number of rotatable bonds is 2. The van der Waals surface area contributed by atoms with Gasteiger partial charge in [0.2, 0.25) is 4.96 Å². The molecule has 2 N–H and O–H groups in total. The highest BCUT2D eigenvalue weighted by Crippen LogP contribution is 2.29. The summed E-state index contributed by atoms with van der Waals surface area (Å²) in [4.78, 5) is 4.13. The van der Waals surface area contributed by atoms with E-state index in [2.05, 4.69) is 20.3 Å². The highest BCUT2D eigenvalue weighted by atomic mass is 32.1. The average Bonchev–Trinajstić information content (AvgIpc) is 2.92. The number of aromatic nitrogens is 5. The number of hydrogen-bond donors (Lipinski definition) is 1. The quantitative estimate of drug-likeness (QED) is 0.781. The maximum atomic E-state index is 12.6. The van der Waals surface area contributed by atoms with Gasteiger partial charge in [0.25, 0.3) is 5.82 Å². The number of nitrogen functional groups attached to an aromatic ring is 1. The molecule has 3 rings (SSSR count). The number of nitrogens with two attached hydrogens (primary N) is 1. The molecular formula is C8H5F3N6S2. The van der Waals surface area contributed by atoms with Gasteiger partial charge in [-0.15, -0.1) is 21.5 Å². The molecule has 3 aromatic heterocycles. The molecule has 0 aromatic carbocycles. The Balaban J connectivity index is 1.96. The minimum Gasteiger partial charge on any atom is -0.375 e. The Morgan fingerprint density at radius 1 is 1.32 bits per heavy atom.